The predicted molar refractivity (Wildman–Crippen MR) is 93.3 cm³/mol. The molecule has 8 nitrogen and oxygen atoms in total. The molecule has 3 heterocycles. The lowest BCUT2D eigenvalue weighted by atomic mass is 9.94. The van der Waals surface area contributed by atoms with Crippen LogP contribution in [0, 0.1) is 5.82 Å². The van der Waals surface area contributed by atoms with Crippen molar-refractivity contribution in [2.45, 2.75) is 19.5 Å². The molecule has 0 aliphatic carbocycles. The molecule has 3 N–H and O–H groups in total. The van der Waals surface area contributed by atoms with Crippen LogP contribution >= 0.6 is 0 Å². The van der Waals surface area contributed by atoms with Gasteiger partial charge in [-0.2, -0.15) is 5.10 Å². The average molecular weight is 390 g/mol. The molecule has 0 radical (unpaired) electrons. The van der Waals surface area contributed by atoms with Crippen molar-refractivity contribution in [2.75, 3.05) is 5.32 Å². The van der Waals surface area contributed by atoms with E-state index in [2.05, 4.69) is 25.5 Å². The van der Waals surface area contributed by atoms with Crippen LogP contribution in [-0.2, 0) is 4.79 Å². The van der Waals surface area contributed by atoms with Crippen molar-refractivity contribution in [1.29, 1.82) is 0 Å². The second-order valence-corrected chi connectivity index (χ2v) is 6.08. The molecule has 144 valence electrons. The van der Waals surface area contributed by atoms with Gasteiger partial charge in [0.25, 0.3) is 6.43 Å². The maximum absolute atomic E-state index is 15.0. The van der Waals surface area contributed by atoms with Crippen LogP contribution in [-0.4, -0.2) is 36.1 Å². The third-order valence-corrected chi connectivity index (χ3v) is 4.36. The van der Waals surface area contributed by atoms with E-state index in [1.165, 1.54) is 36.1 Å². The van der Waals surface area contributed by atoms with Gasteiger partial charge in [-0.3, -0.25) is 14.9 Å². The van der Waals surface area contributed by atoms with Crippen molar-refractivity contribution in [3.63, 3.8) is 0 Å². The van der Waals surface area contributed by atoms with E-state index in [1.807, 2.05) is 0 Å². The molecule has 0 bridgehead atoms. The minimum Gasteiger partial charge on any atom is -0.389 e. The van der Waals surface area contributed by atoms with Crippen LogP contribution in [0.15, 0.2) is 24.8 Å². The summed E-state index contributed by atoms with van der Waals surface area (Å²) in [6.07, 6.45) is 1.42. The van der Waals surface area contributed by atoms with Gasteiger partial charge in [0.1, 0.15) is 5.82 Å². The number of hydrogen-bond acceptors (Lipinski definition) is 5. The number of alkyl halides is 2. The number of aliphatic hydroxyl groups excluding tert-OH is 1. The maximum Gasteiger partial charge on any atom is 0.267 e. The number of benzene rings is 1. The number of amides is 1. The molecule has 1 aromatic carbocycles. The lowest BCUT2D eigenvalue weighted by Gasteiger charge is -2.16. The molecule has 1 unspecified atom stereocenters. The van der Waals surface area contributed by atoms with Crippen molar-refractivity contribution in [1.82, 2.24) is 24.6 Å². The van der Waals surface area contributed by atoms with E-state index in [0.29, 0.717) is 12.1 Å². The number of aromatic amines is 1. The van der Waals surface area contributed by atoms with Crippen LogP contribution in [0.4, 0.5) is 19.0 Å². The Morgan fingerprint density at radius 2 is 2.07 bits per heavy atom. The maximum atomic E-state index is 15.0. The number of rotatable bonds is 5. The van der Waals surface area contributed by atoms with Crippen LogP contribution < -0.4 is 5.32 Å². The highest BCUT2D eigenvalue weighted by atomic mass is 19.3. The van der Waals surface area contributed by atoms with Gasteiger partial charge >= 0.3 is 0 Å². The molecule has 4 aromatic rings. The molecule has 0 saturated heterocycles. The van der Waals surface area contributed by atoms with Crippen molar-refractivity contribution in [2.24, 2.45) is 0 Å². The Balaban J connectivity index is 2.04. The fourth-order valence-corrected chi connectivity index (χ4v) is 3.22. The van der Waals surface area contributed by atoms with Crippen molar-refractivity contribution in [3.05, 3.63) is 41.7 Å². The molecule has 0 aliphatic rings. The van der Waals surface area contributed by atoms with E-state index in [4.69, 9.17) is 0 Å². The zero-order chi connectivity index (χ0) is 20.0. The normalized spacial score (nSPS) is 12.8. The highest BCUT2D eigenvalue weighted by Crippen LogP contribution is 2.41. The van der Waals surface area contributed by atoms with E-state index in [1.54, 1.807) is 0 Å². The molecule has 0 spiro atoms. The first-order chi connectivity index (χ1) is 13.4. The van der Waals surface area contributed by atoms with E-state index < -0.39 is 23.9 Å². The van der Waals surface area contributed by atoms with Gasteiger partial charge in [-0.15, -0.1) is 0 Å². The number of halogens is 3. The summed E-state index contributed by atoms with van der Waals surface area (Å²) < 4.78 is 44.1. The summed E-state index contributed by atoms with van der Waals surface area (Å²) >= 11 is 0. The Bertz CT molecular complexity index is 1200. The number of aromatic nitrogens is 5. The Morgan fingerprint density at radius 1 is 1.29 bits per heavy atom. The molecule has 4 rings (SSSR count). The van der Waals surface area contributed by atoms with Gasteiger partial charge in [-0.25, -0.2) is 18.2 Å². The van der Waals surface area contributed by atoms with E-state index in [0.717, 1.165) is 0 Å². The number of anilines is 1. The summed E-state index contributed by atoms with van der Waals surface area (Å²) in [6, 6.07) is 0. The summed E-state index contributed by atoms with van der Waals surface area (Å²) in [5.74, 6) is -0.972. The summed E-state index contributed by atoms with van der Waals surface area (Å²) in [6.45, 7) is 1.28. The zero-order valence-corrected chi connectivity index (χ0v) is 14.3. The van der Waals surface area contributed by atoms with Gasteiger partial charge < -0.3 is 14.8 Å². The number of H-pyrrole nitrogens is 1. The fraction of sp³-hybridized carbons (Fsp3) is 0.176. The quantitative estimate of drug-likeness (QED) is 0.454. The predicted octanol–water partition coefficient (Wildman–Crippen LogP) is 2.97. The molecule has 0 fully saturated rings. The summed E-state index contributed by atoms with van der Waals surface area (Å²) in [4.78, 5) is 18.8. The van der Waals surface area contributed by atoms with Gasteiger partial charge in [0.2, 0.25) is 6.41 Å². The monoisotopic (exact) mass is 390 g/mol. The Morgan fingerprint density at radius 3 is 2.75 bits per heavy atom. The number of fused-ring (bicyclic) bond motifs is 2. The minimum absolute atomic E-state index is 0.0558. The third kappa shape index (κ3) is 2.67. The first-order valence-electron chi connectivity index (χ1n) is 8.12. The highest BCUT2D eigenvalue weighted by Gasteiger charge is 2.29. The van der Waals surface area contributed by atoms with Gasteiger partial charge in [-0.1, -0.05) is 0 Å². The Hall–Kier alpha value is -3.47. The first-order valence-corrected chi connectivity index (χ1v) is 8.12. The molecule has 0 saturated carbocycles. The lowest BCUT2D eigenvalue weighted by molar-refractivity contribution is -0.105. The molecular formula is C17H13F3N6O2. The zero-order valence-electron chi connectivity index (χ0n) is 14.3. The van der Waals surface area contributed by atoms with E-state index in [9.17, 15) is 23.1 Å². The number of carbonyl (C=O) groups is 1. The number of nitrogens with one attached hydrogen (secondary N) is 2. The Kier molecular flexibility index (Phi) is 4.23. The molecule has 1 amide bonds. The Labute approximate surface area is 155 Å². The van der Waals surface area contributed by atoms with Crippen molar-refractivity contribution >= 4 is 28.8 Å². The van der Waals surface area contributed by atoms with Crippen molar-refractivity contribution in [3.8, 4) is 11.3 Å². The number of nitrogens with zero attached hydrogens (tertiary/aromatic N) is 4. The van der Waals surface area contributed by atoms with Gasteiger partial charge in [-0.05, 0) is 6.92 Å². The smallest absolute Gasteiger partial charge is 0.267 e. The number of hydrogen-bond donors (Lipinski definition) is 3. The number of imidazole rings is 1. The molecule has 28 heavy (non-hydrogen) atoms. The summed E-state index contributed by atoms with van der Waals surface area (Å²) in [7, 11) is 0. The highest BCUT2D eigenvalue weighted by molar-refractivity contribution is 5.97. The van der Waals surface area contributed by atoms with Crippen LogP contribution in [0.2, 0.25) is 0 Å². The van der Waals surface area contributed by atoms with Gasteiger partial charge in [0, 0.05) is 22.7 Å². The minimum atomic E-state index is -3.15. The number of aliphatic hydroxyl groups is 1. The molecule has 11 heteroatoms. The molecule has 1 atom stereocenters. The lowest BCUT2D eigenvalue weighted by Crippen LogP contribution is -2.06. The molecular weight excluding hydrogens is 377 g/mol. The third-order valence-electron chi connectivity index (χ3n) is 4.36. The summed E-state index contributed by atoms with van der Waals surface area (Å²) in [5.41, 5.74) is -0.767. The molecule has 3 aromatic heterocycles. The van der Waals surface area contributed by atoms with Gasteiger partial charge in [0.05, 0.1) is 41.5 Å². The number of carbonyl (C=O) groups excluding carboxylic acids is 1. The first kappa shape index (κ1) is 17.9. The van der Waals surface area contributed by atoms with Gasteiger partial charge in [0.15, 0.2) is 11.5 Å². The van der Waals surface area contributed by atoms with E-state index in [-0.39, 0.29) is 33.5 Å². The SMILES string of the molecule is CC(O)c1c(F)c(C(F)F)c(-c2cn3cc(NC=O)nc3cn2)c2cn[nH]c12. The topological polar surface area (TPSA) is 108 Å². The van der Waals surface area contributed by atoms with Crippen molar-refractivity contribution < 1.29 is 23.1 Å². The average Bonchev–Trinajstić information content (AvgIpc) is 3.25. The van der Waals surface area contributed by atoms with Crippen LogP contribution in [0.5, 0.6) is 0 Å². The van der Waals surface area contributed by atoms with Crippen LogP contribution in [0.3, 0.4) is 0 Å². The van der Waals surface area contributed by atoms with E-state index >= 15 is 0 Å². The van der Waals surface area contributed by atoms with Crippen LogP contribution in [0.1, 0.15) is 30.6 Å². The second-order valence-electron chi connectivity index (χ2n) is 6.08. The van der Waals surface area contributed by atoms with Crippen LogP contribution in [0.25, 0.3) is 27.8 Å². The summed E-state index contributed by atoms with van der Waals surface area (Å²) in [5, 5.41) is 18.8. The fourth-order valence-electron chi connectivity index (χ4n) is 3.22. The standard InChI is InChI=1S/C17H13F3N6O2/c1-7(28)12-15(18)14(17(19)20)13(8-2-23-25-16(8)12)9-4-26-5-10(22-6-27)24-11(26)3-21-9/h2-7,17,28H,1H3,(H,22,27)(H,23,25). The second kappa shape index (κ2) is 6.60. The molecule has 0 aliphatic heterocycles. The largest absolute Gasteiger partial charge is 0.389 e.